The highest BCUT2D eigenvalue weighted by molar-refractivity contribution is 7.98. The van der Waals surface area contributed by atoms with E-state index in [0.717, 1.165) is 9.80 Å². The summed E-state index contributed by atoms with van der Waals surface area (Å²) in [5.41, 5.74) is 12.5. The molecule has 12 atom stereocenters. The molecule has 32 nitrogen and oxygen atoms in total. The van der Waals surface area contributed by atoms with E-state index in [1.807, 2.05) is 0 Å². The Hall–Kier alpha value is -7.15. The molecule has 0 spiro atoms. The third kappa shape index (κ3) is 22.7. The summed E-state index contributed by atoms with van der Waals surface area (Å²) in [7, 11) is -2.45. The number of aliphatic hydroxyl groups is 3. The molecule has 4 aliphatic heterocycles. The summed E-state index contributed by atoms with van der Waals surface area (Å²) in [4.78, 5) is 156. The number of Topliss-reactive ketones (excluding diaryl/α,β-unsaturated/α-hetero) is 2. The van der Waals surface area contributed by atoms with E-state index in [-0.39, 0.29) is 78.1 Å². The molecule has 2 aromatic rings. The summed E-state index contributed by atoms with van der Waals surface area (Å²) in [5, 5.41) is 59.1. The van der Waals surface area contributed by atoms with Gasteiger partial charge in [0.15, 0.2) is 11.6 Å². The molecule has 9 amide bonds. The standard InChI is InChI=1S/C62H93N11O21S2/c1-5-34(2)42-23-39(75)27-66-56(83)37-21-43-41-6-7-48(77)44(32-95-19-18-94-17-16-93-15-14-92-13-12-91-11-10-90-9-8-65-26-38(63)29-73-53(82)20-35(3)61(73)87)55(41)71-60(43)96(89)33-46(68-52(81)28-67-57(42)84)58(85)69-45(25-51(64)80)62(88)72-30-40(76)24-47(72)59(86)70-54(49(78)22-37)36(4)50(79)31-74/h6-7,26,34-37,40,42,45-47,50,54,65,71,74,76-77,79H,5,8-25,27-33,63H2,1-4H3,(H2,64,80)(H,66,83)(H,67,84)(H,68,81)(H,69,85)(H,70,86)/b38-26-/t34-,35?,36-,37+,40+,42-,45-,46+,47-,50-,54-,96?/m0/s1. The van der Waals surface area contributed by atoms with E-state index in [0.29, 0.717) is 81.6 Å². The summed E-state index contributed by atoms with van der Waals surface area (Å²) in [6, 6.07) is -4.16. The van der Waals surface area contributed by atoms with E-state index in [4.69, 9.17) is 35.2 Å². The molecule has 2 bridgehead atoms. The zero-order valence-corrected chi connectivity index (χ0v) is 56.2. The molecule has 2 saturated heterocycles. The van der Waals surface area contributed by atoms with Gasteiger partial charge in [-0.2, -0.15) is 11.8 Å². The van der Waals surface area contributed by atoms with Crippen LogP contribution < -0.4 is 43.4 Å². The topological polar surface area (TPSA) is 478 Å². The molecule has 96 heavy (non-hydrogen) atoms. The van der Waals surface area contributed by atoms with Crippen molar-refractivity contribution in [2.45, 2.75) is 120 Å². The number of primary amides is 1. The van der Waals surface area contributed by atoms with Crippen molar-refractivity contribution >= 4 is 98.2 Å². The van der Waals surface area contributed by atoms with Crippen molar-refractivity contribution in [2.75, 3.05) is 117 Å². The van der Waals surface area contributed by atoms with Crippen LogP contribution in [-0.2, 0) is 99.4 Å². The van der Waals surface area contributed by atoms with Crippen LogP contribution in [0.25, 0.3) is 10.9 Å². The number of hydrogen-bond donors (Lipinski definition) is 13. The second-order valence-corrected chi connectivity index (χ2v) is 26.8. The Morgan fingerprint density at radius 2 is 1.46 bits per heavy atom. The van der Waals surface area contributed by atoms with Gasteiger partial charge >= 0.3 is 0 Å². The number of H-pyrrole nitrogens is 1. The quantitative estimate of drug-likeness (QED) is 0.0265. The molecular weight excluding hydrogens is 1300 g/mol. The van der Waals surface area contributed by atoms with Crippen LogP contribution in [0.4, 0.5) is 0 Å². The van der Waals surface area contributed by atoms with Crippen molar-refractivity contribution in [1.29, 1.82) is 0 Å². The van der Waals surface area contributed by atoms with E-state index >= 15 is 4.21 Å². The van der Waals surface area contributed by atoms with Gasteiger partial charge in [0, 0.05) is 96.8 Å². The maximum Gasteiger partial charge on any atom is 0.246 e. The first kappa shape index (κ1) is 77.9. The lowest BCUT2D eigenvalue weighted by atomic mass is 9.85. The molecule has 0 aliphatic carbocycles. The van der Waals surface area contributed by atoms with Crippen LogP contribution in [-0.4, -0.2) is 257 Å². The van der Waals surface area contributed by atoms with Crippen molar-refractivity contribution in [3.8, 4) is 5.75 Å². The predicted octanol–water partition coefficient (Wildman–Crippen LogP) is -3.64. The number of nitrogens with one attached hydrogen (secondary N) is 7. The minimum Gasteiger partial charge on any atom is -0.508 e. The Balaban J connectivity index is 1.15. The first-order valence-corrected chi connectivity index (χ1v) is 34.6. The monoisotopic (exact) mass is 1390 g/mol. The van der Waals surface area contributed by atoms with Gasteiger partial charge in [-0.05, 0) is 30.0 Å². The number of aromatic amines is 1. The average Bonchev–Trinajstić information content (AvgIpc) is 1.61. The number of aromatic hydroxyl groups is 1. The molecule has 5 heterocycles. The van der Waals surface area contributed by atoms with Crippen LogP contribution in [0.2, 0.25) is 0 Å². The zero-order chi connectivity index (χ0) is 70.2. The summed E-state index contributed by atoms with van der Waals surface area (Å²) >= 11 is 1.35. The minimum absolute atomic E-state index is 0.0372. The van der Waals surface area contributed by atoms with Crippen LogP contribution in [0.5, 0.6) is 5.75 Å². The fourth-order valence-corrected chi connectivity index (χ4v) is 13.6. The van der Waals surface area contributed by atoms with Gasteiger partial charge in [-0.1, -0.05) is 34.1 Å². The Kier molecular flexibility index (Phi) is 31.4. The fourth-order valence-electron chi connectivity index (χ4n) is 11.4. The lowest BCUT2D eigenvalue weighted by Gasteiger charge is -2.32. The number of hydrogen-bond acceptors (Lipinski definition) is 24. The van der Waals surface area contributed by atoms with E-state index in [1.165, 1.54) is 30.8 Å². The number of nitrogens with zero attached hydrogens (tertiary/aromatic N) is 2. The van der Waals surface area contributed by atoms with Crippen LogP contribution >= 0.6 is 11.8 Å². The van der Waals surface area contributed by atoms with Gasteiger partial charge in [0.05, 0.1) is 139 Å². The first-order valence-electron chi connectivity index (χ1n) is 32.1. The molecule has 6 rings (SSSR count). The minimum atomic E-state index is -2.45. The maximum absolute atomic E-state index is 15.2. The van der Waals surface area contributed by atoms with Crippen molar-refractivity contribution in [2.24, 2.45) is 41.1 Å². The molecule has 1 aromatic carbocycles. The smallest absolute Gasteiger partial charge is 0.246 e. The van der Waals surface area contributed by atoms with Gasteiger partial charge in [-0.25, -0.2) is 0 Å². The van der Waals surface area contributed by atoms with Gasteiger partial charge in [0.25, 0.3) is 0 Å². The first-order chi connectivity index (χ1) is 45.8. The Bertz CT molecular complexity index is 3130. The number of rotatable bonds is 30. The molecule has 4 aliphatic rings. The van der Waals surface area contributed by atoms with Gasteiger partial charge in [0.1, 0.15) is 28.9 Å². The number of benzene rings is 1. The number of nitrogens with two attached hydrogens (primary N) is 2. The average molecular weight is 1390 g/mol. The van der Waals surface area contributed by atoms with E-state index in [9.17, 15) is 73.2 Å². The highest BCUT2D eigenvalue weighted by Crippen LogP contribution is 2.37. The number of aliphatic hydroxyl groups excluding tert-OH is 3. The third-order valence-corrected chi connectivity index (χ3v) is 19.4. The molecule has 2 unspecified atom stereocenters. The maximum atomic E-state index is 15.2. The van der Waals surface area contributed by atoms with Gasteiger partial charge in [-0.15, -0.1) is 0 Å². The van der Waals surface area contributed by atoms with Crippen LogP contribution in [0.15, 0.2) is 29.1 Å². The van der Waals surface area contributed by atoms with Crippen molar-refractivity contribution < 1.29 is 101 Å². The number of ether oxygens (including phenoxy) is 5. The van der Waals surface area contributed by atoms with Crippen molar-refractivity contribution in [3.63, 3.8) is 0 Å². The number of fused-ring (bicyclic) bond motifs is 5. The van der Waals surface area contributed by atoms with Crippen molar-refractivity contribution in [3.05, 3.63) is 35.2 Å². The molecule has 15 N–H and O–H groups in total. The second kappa shape index (κ2) is 38.7. The summed E-state index contributed by atoms with van der Waals surface area (Å²) in [6.45, 7) is 7.35. The highest BCUT2D eigenvalue weighted by Gasteiger charge is 2.45. The van der Waals surface area contributed by atoms with E-state index in [1.54, 1.807) is 27.0 Å². The van der Waals surface area contributed by atoms with Crippen LogP contribution in [0.1, 0.15) is 77.3 Å². The number of carbonyl (C=O) groups is 11. The third-order valence-electron chi connectivity index (χ3n) is 17.0. The number of thioether (sulfide) groups is 1. The van der Waals surface area contributed by atoms with E-state index < -0.39 is 188 Å². The number of aromatic nitrogens is 1. The summed E-state index contributed by atoms with van der Waals surface area (Å²) < 4.78 is 43.3. The molecule has 0 saturated carbocycles. The molecule has 2 fully saturated rings. The Morgan fingerprint density at radius 3 is 2.08 bits per heavy atom. The largest absolute Gasteiger partial charge is 0.508 e. The second-order valence-electron chi connectivity index (χ2n) is 24.2. The molecular formula is C62H93N11O21S2. The van der Waals surface area contributed by atoms with Crippen LogP contribution in [0.3, 0.4) is 0 Å². The lowest BCUT2D eigenvalue weighted by molar-refractivity contribution is -0.144. The normalized spacial score (nSPS) is 25.0. The van der Waals surface area contributed by atoms with Crippen LogP contribution in [0, 0.1) is 29.6 Å². The summed E-state index contributed by atoms with van der Waals surface area (Å²) in [5.74, 6) is -14.0. The molecule has 0 radical (unpaired) electrons. The van der Waals surface area contributed by atoms with Gasteiger partial charge in [-0.3, -0.25) is 61.8 Å². The molecule has 1 aromatic heterocycles. The Labute approximate surface area is 562 Å². The Morgan fingerprint density at radius 1 is 0.812 bits per heavy atom. The zero-order valence-electron chi connectivity index (χ0n) is 54.6. The number of phenols is 1. The highest BCUT2D eigenvalue weighted by atomic mass is 32.2. The number of phenolic OH excluding ortho intramolecular Hbond substituents is 1. The molecule has 34 heteroatoms. The SMILES string of the molecule is CC[C@H](C)[C@@H]1CC(=O)CNC(=O)[C@H]2CC(=O)[C@H]([C@@H](C)[C@@H](O)CO)NC(=O)[C@@H]3C[C@@H](O)CN3C(=O)[C@H](CC(N)=O)NC(=O)[C@@H](CS(=O)c3[nH]c4c(CSCCOCCOCCOCCOCCOCCN/C=C(\N)CN5C(=O)CC(C)C5=O)c(O)ccc4c3C2)NC(=O)CNC1=O. The number of imide groups is 1. The number of ketones is 2. The van der Waals surface area contributed by atoms with Crippen molar-refractivity contribution in [1.82, 2.24) is 46.7 Å². The number of amides is 9. The molecule has 534 valence electrons. The summed E-state index contributed by atoms with van der Waals surface area (Å²) in [6.07, 6.45) is -3.76. The lowest BCUT2D eigenvalue weighted by Crippen LogP contribution is -2.60. The fraction of sp³-hybridized carbons (Fsp3) is 0.661. The van der Waals surface area contributed by atoms with E-state index in [2.05, 4.69) is 36.9 Å². The van der Waals surface area contributed by atoms with Gasteiger partial charge < -0.3 is 97.4 Å². The number of carbonyl (C=O) groups excluding carboxylic acids is 11. The predicted molar refractivity (Wildman–Crippen MR) is 346 cm³/mol. The number of likely N-dealkylation sites (tertiary alicyclic amines) is 1. The van der Waals surface area contributed by atoms with Gasteiger partial charge in [0.2, 0.25) is 53.2 Å².